The van der Waals surface area contributed by atoms with Crippen LogP contribution in [0.2, 0.25) is 0 Å². The second kappa shape index (κ2) is 3.97. The number of pyridine rings is 1. The van der Waals surface area contributed by atoms with Crippen LogP contribution in [0, 0.1) is 6.92 Å². The molecule has 0 bridgehead atoms. The minimum absolute atomic E-state index is 0.834. The van der Waals surface area contributed by atoms with Gasteiger partial charge in [-0.15, -0.1) is 0 Å². The van der Waals surface area contributed by atoms with Gasteiger partial charge in [-0.2, -0.15) is 0 Å². The number of nitrogens with zero attached hydrogens (tertiary/aromatic N) is 2. The smallest absolute Gasteiger partial charge is 0.0882 e. The molecule has 4 heteroatoms. The first-order valence-electron chi connectivity index (χ1n) is 5.29. The van der Waals surface area contributed by atoms with Crippen LogP contribution in [0.5, 0.6) is 0 Å². The maximum atomic E-state index is 11.8. The first kappa shape index (κ1) is 10.7. The van der Waals surface area contributed by atoms with Gasteiger partial charge < -0.3 is 9.46 Å². The number of anilines is 1. The average Bonchev–Trinajstić information content (AvgIpc) is 2.17. The number of aryl methyl sites for hydroxylation is 1. The molecule has 15 heavy (non-hydrogen) atoms. The largest absolute Gasteiger partial charge is 0.369 e. The Bertz CT molecular complexity index is 393. The maximum Gasteiger partial charge on any atom is 0.0882 e. The van der Waals surface area contributed by atoms with Crippen molar-refractivity contribution in [3.05, 3.63) is 24.0 Å². The Balaban J connectivity index is 2.11. The van der Waals surface area contributed by atoms with Gasteiger partial charge in [0.2, 0.25) is 0 Å². The van der Waals surface area contributed by atoms with Crippen LogP contribution < -0.4 is 4.90 Å². The predicted octanol–water partition coefficient (Wildman–Crippen LogP) is 2.20. The molecule has 3 nitrogen and oxygen atoms in total. The van der Waals surface area contributed by atoms with Crippen molar-refractivity contribution in [3.63, 3.8) is 0 Å². The summed E-state index contributed by atoms with van der Waals surface area (Å²) in [6.45, 7) is 5.77. The van der Waals surface area contributed by atoms with Crippen molar-refractivity contribution in [1.82, 2.24) is 4.98 Å². The van der Waals surface area contributed by atoms with E-state index in [1.165, 1.54) is 5.56 Å². The van der Waals surface area contributed by atoms with Gasteiger partial charge in [0, 0.05) is 31.6 Å². The Morgan fingerprint density at radius 1 is 1.33 bits per heavy atom. The van der Waals surface area contributed by atoms with Crippen LogP contribution in [0.3, 0.4) is 0 Å². The molecule has 2 rings (SSSR count). The minimum atomic E-state index is -1.82. The average molecular weight is 224 g/mol. The molecular weight excluding hydrogens is 207 g/mol. The Kier molecular flexibility index (Phi) is 2.83. The zero-order chi connectivity index (χ0) is 10.9. The fraction of sp³-hybridized carbons (Fsp3) is 0.545. The van der Waals surface area contributed by atoms with Gasteiger partial charge in [-0.25, -0.2) is 0 Å². The van der Waals surface area contributed by atoms with Crippen LogP contribution in [0.25, 0.3) is 0 Å². The van der Waals surface area contributed by atoms with E-state index in [4.69, 9.17) is 0 Å². The molecule has 0 aliphatic carbocycles. The topological polar surface area (TPSA) is 33.2 Å². The summed E-state index contributed by atoms with van der Waals surface area (Å²) >= 11 is 0. The molecule has 1 aromatic heterocycles. The van der Waals surface area contributed by atoms with Crippen LogP contribution in [0.15, 0.2) is 18.5 Å². The van der Waals surface area contributed by atoms with Crippen molar-refractivity contribution in [3.8, 4) is 0 Å². The van der Waals surface area contributed by atoms with Gasteiger partial charge in [-0.05, 0) is 25.2 Å². The van der Waals surface area contributed by atoms with Gasteiger partial charge in [0.05, 0.1) is 19.0 Å². The number of aromatic nitrogens is 1. The summed E-state index contributed by atoms with van der Waals surface area (Å²) in [6, 6.07) is 2.14. The molecule has 0 spiro atoms. The van der Waals surface area contributed by atoms with Crippen molar-refractivity contribution >= 4 is 12.8 Å². The second-order valence-electron chi connectivity index (χ2n) is 4.45. The lowest BCUT2D eigenvalue weighted by Crippen LogP contribution is -2.34. The molecular formula is C11H17N2OP. The highest BCUT2D eigenvalue weighted by Gasteiger charge is 2.23. The summed E-state index contributed by atoms with van der Waals surface area (Å²) in [4.78, 5) is 6.46. The molecule has 1 fully saturated rings. The maximum absolute atomic E-state index is 11.8. The molecule has 1 saturated heterocycles. The molecule has 0 saturated carbocycles. The first-order valence-corrected chi connectivity index (χ1v) is 7.81. The van der Waals surface area contributed by atoms with E-state index in [2.05, 4.69) is 16.0 Å². The van der Waals surface area contributed by atoms with Crippen molar-refractivity contribution in [2.24, 2.45) is 0 Å². The summed E-state index contributed by atoms with van der Waals surface area (Å²) in [6.07, 6.45) is 5.42. The lowest BCUT2D eigenvalue weighted by molar-refractivity contribution is 0.572. The number of rotatable bonds is 1. The number of hydrogen-bond donors (Lipinski definition) is 0. The molecule has 0 aromatic carbocycles. The molecule has 0 unspecified atom stereocenters. The molecule has 0 atom stereocenters. The quantitative estimate of drug-likeness (QED) is 0.686. The Hall–Kier alpha value is -0.820. The molecule has 0 radical (unpaired) electrons. The monoisotopic (exact) mass is 224 g/mol. The standard InChI is InChI=1S/C11H17N2OP/c1-10-7-11(9-12-8-10)13-3-5-15(2,14)6-4-13/h7-9H,3-6H2,1-2H3. The van der Waals surface area contributed by atoms with Crippen molar-refractivity contribution in [1.29, 1.82) is 0 Å². The Morgan fingerprint density at radius 2 is 2.00 bits per heavy atom. The fourth-order valence-corrected chi connectivity index (χ4v) is 3.41. The molecule has 0 N–H and O–H groups in total. The lowest BCUT2D eigenvalue weighted by atomic mass is 10.3. The molecule has 0 amide bonds. The Morgan fingerprint density at radius 3 is 2.60 bits per heavy atom. The number of hydrogen-bond acceptors (Lipinski definition) is 3. The van der Waals surface area contributed by atoms with Crippen molar-refractivity contribution < 1.29 is 4.57 Å². The molecule has 82 valence electrons. The van der Waals surface area contributed by atoms with E-state index in [-0.39, 0.29) is 0 Å². The minimum Gasteiger partial charge on any atom is -0.369 e. The van der Waals surface area contributed by atoms with E-state index in [0.29, 0.717) is 0 Å². The second-order valence-corrected chi connectivity index (χ2v) is 7.94. The third-order valence-electron chi connectivity index (χ3n) is 2.91. The van der Waals surface area contributed by atoms with Gasteiger partial charge >= 0.3 is 0 Å². The summed E-state index contributed by atoms with van der Waals surface area (Å²) < 4.78 is 11.8. The van der Waals surface area contributed by atoms with Gasteiger partial charge in [0.25, 0.3) is 0 Å². The summed E-state index contributed by atoms with van der Waals surface area (Å²) in [7, 11) is -1.82. The molecule has 2 heterocycles. The van der Waals surface area contributed by atoms with E-state index in [0.717, 1.165) is 31.1 Å². The summed E-state index contributed by atoms with van der Waals surface area (Å²) in [5.41, 5.74) is 2.34. The summed E-state index contributed by atoms with van der Waals surface area (Å²) in [5, 5.41) is 0. The lowest BCUT2D eigenvalue weighted by Gasteiger charge is -2.32. The van der Waals surface area contributed by atoms with E-state index in [9.17, 15) is 4.57 Å². The zero-order valence-electron chi connectivity index (χ0n) is 9.31. The zero-order valence-corrected chi connectivity index (χ0v) is 10.2. The van der Waals surface area contributed by atoms with Gasteiger partial charge in [0.15, 0.2) is 0 Å². The van der Waals surface area contributed by atoms with E-state index < -0.39 is 7.14 Å². The highest BCUT2D eigenvalue weighted by atomic mass is 31.2. The highest BCUT2D eigenvalue weighted by molar-refractivity contribution is 7.63. The third kappa shape index (κ3) is 2.60. The van der Waals surface area contributed by atoms with Crippen LogP contribution in [0.1, 0.15) is 5.56 Å². The van der Waals surface area contributed by atoms with Crippen molar-refractivity contribution in [2.75, 3.05) is 37.0 Å². The Labute approximate surface area is 90.9 Å². The van der Waals surface area contributed by atoms with E-state index >= 15 is 0 Å². The van der Waals surface area contributed by atoms with Gasteiger partial charge in [-0.3, -0.25) is 4.98 Å². The van der Waals surface area contributed by atoms with Crippen LogP contribution in [0.4, 0.5) is 5.69 Å². The van der Waals surface area contributed by atoms with Crippen LogP contribution in [-0.4, -0.2) is 37.1 Å². The van der Waals surface area contributed by atoms with Crippen molar-refractivity contribution in [2.45, 2.75) is 6.92 Å². The van der Waals surface area contributed by atoms with Crippen LogP contribution >= 0.6 is 7.14 Å². The molecule has 1 aromatic rings. The highest BCUT2D eigenvalue weighted by Crippen LogP contribution is 2.43. The molecule has 1 aliphatic heterocycles. The van der Waals surface area contributed by atoms with E-state index in [1.54, 1.807) is 0 Å². The first-order chi connectivity index (χ1) is 7.07. The van der Waals surface area contributed by atoms with Gasteiger partial charge in [-0.1, -0.05) is 0 Å². The van der Waals surface area contributed by atoms with E-state index in [1.807, 2.05) is 26.0 Å². The summed E-state index contributed by atoms with van der Waals surface area (Å²) in [5.74, 6) is 0. The molecule has 1 aliphatic rings. The van der Waals surface area contributed by atoms with Gasteiger partial charge in [0.1, 0.15) is 0 Å². The van der Waals surface area contributed by atoms with Crippen LogP contribution in [-0.2, 0) is 4.57 Å². The fourth-order valence-electron chi connectivity index (χ4n) is 1.86. The SMILES string of the molecule is Cc1cncc(N2CCP(C)(=O)CC2)c1. The third-order valence-corrected chi connectivity index (χ3v) is 5.20. The normalized spacial score (nSPS) is 20.3. The predicted molar refractivity (Wildman–Crippen MR) is 64.5 cm³/mol.